The van der Waals surface area contributed by atoms with Gasteiger partial charge in [0.1, 0.15) is 6.33 Å². The number of pyridine rings is 1. The second-order valence-corrected chi connectivity index (χ2v) is 3.31. The Hall–Kier alpha value is -1.58. The van der Waals surface area contributed by atoms with E-state index in [0.717, 1.165) is 11.3 Å². The van der Waals surface area contributed by atoms with Crippen LogP contribution >= 0.6 is 0 Å². The van der Waals surface area contributed by atoms with Gasteiger partial charge in [0, 0.05) is 24.0 Å². The minimum Gasteiger partial charge on any atom is -0.383 e. The Bertz CT molecular complexity index is 405. The van der Waals surface area contributed by atoms with Crippen LogP contribution in [-0.4, -0.2) is 20.6 Å². The summed E-state index contributed by atoms with van der Waals surface area (Å²) in [5.74, 6) is 0. The molecule has 0 aliphatic carbocycles. The first kappa shape index (κ1) is 8.04. The summed E-state index contributed by atoms with van der Waals surface area (Å²) in [6, 6.07) is 4.42. The number of rotatable bonds is 2. The summed E-state index contributed by atoms with van der Waals surface area (Å²) in [7, 11) is 0. The molecule has 13 heavy (non-hydrogen) atoms. The third-order valence-electron chi connectivity index (χ3n) is 1.76. The van der Waals surface area contributed by atoms with E-state index in [1.54, 1.807) is 6.33 Å². The van der Waals surface area contributed by atoms with Crippen LogP contribution in [0.4, 0.5) is 5.69 Å². The Kier molecular flexibility index (Phi) is 1.88. The van der Waals surface area contributed by atoms with Gasteiger partial charge in [-0.1, -0.05) is 0 Å². The molecule has 0 spiro atoms. The van der Waals surface area contributed by atoms with Gasteiger partial charge in [0.2, 0.25) is 0 Å². The van der Waals surface area contributed by atoms with E-state index < -0.39 is 0 Å². The minimum atomic E-state index is 0.436. The molecule has 0 saturated heterocycles. The molecular weight excluding hydrogens is 164 g/mol. The van der Waals surface area contributed by atoms with Gasteiger partial charge >= 0.3 is 0 Å². The molecule has 0 aliphatic rings. The van der Waals surface area contributed by atoms with Crippen LogP contribution in [0.15, 0.2) is 24.7 Å². The van der Waals surface area contributed by atoms with Crippen molar-refractivity contribution in [2.75, 3.05) is 5.32 Å². The lowest BCUT2D eigenvalue weighted by molar-refractivity contribution is 0.899. The second-order valence-electron chi connectivity index (χ2n) is 3.31. The van der Waals surface area contributed by atoms with Crippen molar-refractivity contribution in [3.8, 4) is 0 Å². The van der Waals surface area contributed by atoms with Crippen LogP contribution in [0.25, 0.3) is 5.65 Å². The molecule has 0 aromatic carbocycles. The molecule has 2 aromatic rings. The first-order chi connectivity index (χ1) is 6.25. The van der Waals surface area contributed by atoms with E-state index in [-0.39, 0.29) is 0 Å². The SMILES string of the molecule is CC(C)Nc1ccn2cnnc2c1. The van der Waals surface area contributed by atoms with E-state index in [9.17, 15) is 0 Å². The Morgan fingerprint density at radius 3 is 3.08 bits per heavy atom. The van der Waals surface area contributed by atoms with Crippen molar-refractivity contribution < 1.29 is 0 Å². The quantitative estimate of drug-likeness (QED) is 0.754. The van der Waals surface area contributed by atoms with Crippen LogP contribution in [0.1, 0.15) is 13.8 Å². The number of nitrogens with one attached hydrogen (secondary N) is 1. The lowest BCUT2D eigenvalue weighted by atomic mass is 10.3. The van der Waals surface area contributed by atoms with E-state index in [1.807, 2.05) is 22.7 Å². The van der Waals surface area contributed by atoms with Crippen molar-refractivity contribution >= 4 is 11.3 Å². The molecule has 4 nitrogen and oxygen atoms in total. The molecular formula is C9H12N4. The maximum Gasteiger partial charge on any atom is 0.162 e. The first-order valence-corrected chi connectivity index (χ1v) is 4.31. The number of hydrogen-bond donors (Lipinski definition) is 1. The van der Waals surface area contributed by atoms with E-state index in [0.29, 0.717) is 6.04 Å². The highest BCUT2D eigenvalue weighted by Crippen LogP contribution is 2.10. The maximum atomic E-state index is 3.96. The highest BCUT2D eigenvalue weighted by molar-refractivity contribution is 5.53. The van der Waals surface area contributed by atoms with E-state index >= 15 is 0 Å². The highest BCUT2D eigenvalue weighted by atomic mass is 15.2. The standard InChI is InChI=1S/C9H12N4/c1-7(2)11-8-3-4-13-6-10-12-9(13)5-8/h3-7,11H,1-2H3. The van der Waals surface area contributed by atoms with Crippen LogP contribution in [0.2, 0.25) is 0 Å². The lowest BCUT2D eigenvalue weighted by Crippen LogP contribution is -2.09. The maximum absolute atomic E-state index is 3.96. The van der Waals surface area contributed by atoms with Crippen molar-refractivity contribution in [3.63, 3.8) is 0 Å². The molecule has 0 unspecified atom stereocenters. The zero-order valence-electron chi connectivity index (χ0n) is 7.73. The fourth-order valence-corrected chi connectivity index (χ4v) is 1.24. The predicted octanol–water partition coefficient (Wildman–Crippen LogP) is 1.55. The second kappa shape index (κ2) is 3.05. The summed E-state index contributed by atoms with van der Waals surface area (Å²) in [4.78, 5) is 0. The average molecular weight is 176 g/mol. The molecule has 0 aliphatic heterocycles. The molecule has 0 radical (unpaired) electrons. The van der Waals surface area contributed by atoms with Crippen LogP contribution in [0.5, 0.6) is 0 Å². The van der Waals surface area contributed by atoms with Crippen molar-refractivity contribution in [3.05, 3.63) is 24.7 Å². The van der Waals surface area contributed by atoms with Crippen molar-refractivity contribution in [2.45, 2.75) is 19.9 Å². The summed E-state index contributed by atoms with van der Waals surface area (Å²) >= 11 is 0. The third kappa shape index (κ3) is 1.61. The largest absolute Gasteiger partial charge is 0.383 e. The molecule has 4 heteroatoms. The van der Waals surface area contributed by atoms with Crippen LogP contribution in [-0.2, 0) is 0 Å². The van der Waals surface area contributed by atoms with Gasteiger partial charge in [-0.05, 0) is 19.9 Å². The molecule has 0 saturated carbocycles. The fourth-order valence-electron chi connectivity index (χ4n) is 1.24. The van der Waals surface area contributed by atoms with Gasteiger partial charge < -0.3 is 5.32 Å². The normalized spacial score (nSPS) is 11.0. The Labute approximate surface area is 76.6 Å². The van der Waals surface area contributed by atoms with E-state index in [2.05, 4.69) is 29.4 Å². The molecule has 2 rings (SSSR count). The Morgan fingerprint density at radius 2 is 2.31 bits per heavy atom. The van der Waals surface area contributed by atoms with Gasteiger partial charge in [-0.3, -0.25) is 4.40 Å². The van der Waals surface area contributed by atoms with Crippen LogP contribution in [0.3, 0.4) is 0 Å². The molecule has 1 N–H and O–H groups in total. The number of fused-ring (bicyclic) bond motifs is 1. The predicted molar refractivity (Wildman–Crippen MR) is 51.7 cm³/mol. The minimum absolute atomic E-state index is 0.436. The monoisotopic (exact) mass is 176 g/mol. The van der Waals surface area contributed by atoms with Crippen molar-refractivity contribution in [1.82, 2.24) is 14.6 Å². The Morgan fingerprint density at radius 1 is 1.46 bits per heavy atom. The summed E-state index contributed by atoms with van der Waals surface area (Å²) in [6.45, 7) is 4.21. The van der Waals surface area contributed by atoms with Gasteiger partial charge in [-0.2, -0.15) is 0 Å². The molecule has 0 atom stereocenters. The van der Waals surface area contributed by atoms with Gasteiger partial charge in [-0.15, -0.1) is 10.2 Å². The van der Waals surface area contributed by atoms with Crippen LogP contribution in [0, 0.1) is 0 Å². The number of nitrogens with zero attached hydrogens (tertiary/aromatic N) is 3. The molecule has 0 bridgehead atoms. The number of anilines is 1. The summed E-state index contributed by atoms with van der Waals surface area (Å²) in [5, 5.41) is 11.1. The molecule has 0 amide bonds. The summed E-state index contributed by atoms with van der Waals surface area (Å²) in [5.41, 5.74) is 1.95. The Balaban J connectivity index is 2.37. The zero-order valence-corrected chi connectivity index (χ0v) is 7.73. The van der Waals surface area contributed by atoms with Gasteiger partial charge in [-0.25, -0.2) is 0 Å². The zero-order chi connectivity index (χ0) is 9.26. The average Bonchev–Trinajstić information content (AvgIpc) is 2.49. The van der Waals surface area contributed by atoms with Gasteiger partial charge in [0.05, 0.1) is 0 Å². The number of hydrogen-bond acceptors (Lipinski definition) is 3. The van der Waals surface area contributed by atoms with Crippen molar-refractivity contribution in [2.24, 2.45) is 0 Å². The molecule has 2 heterocycles. The van der Waals surface area contributed by atoms with Gasteiger partial charge in [0.15, 0.2) is 5.65 Å². The fraction of sp³-hybridized carbons (Fsp3) is 0.333. The topological polar surface area (TPSA) is 42.2 Å². The van der Waals surface area contributed by atoms with Gasteiger partial charge in [0.25, 0.3) is 0 Å². The third-order valence-corrected chi connectivity index (χ3v) is 1.76. The highest BCUT2D eigenvalue weighted by Gasteiger charge is 1.98. The van der Waals surface area contributed by atoms with E-state index in [4.69, 9.17) is 0 Å². The first-order valence-electron chi connectivity index (χ1n) is 4.31. The molecule has 68 valence electrons. The molecule has 0 fully saturated rings. The van der Waals surface area contributed by atoms with E-state index in [1.165, 1.54) is 0 Å². The smallest absolute Gasteiger partial charge is 0.162 e. The lowest BCUT2D eigenvalue weighted by Gasteiger charge is -2.09. The summed E-state index contributed by atoms with van der Waals surface area (Å²) in [6.07, 6.45) is 3.63. The molecule has 2 aromatic heterocycles. The van der Waals surface area contributed by atoms with Crippen molar-refractivity contribution in [1.29, 1.82) is 0 Å². The summed E-state index contributed by atoms with van der Waals surface area (Å²) < 4.78 is 1.88. The van der Waals surface area contributed by atoms with Crippen LogP contribution < -0.4 is 5.32 Å². The number of aromatic nitrogens is 3.